The second-order valence-electron chi connectivity index (χ2n) is 10.2. The maximum atomic E-state index is 14.2. The summed E-state index contributed by atoms with van der Waals surface area (Å²) in [4.78, 5) is 51.0. The predicted molar refractivity (Wildman–Crippen MR) is 151 cm³/mol. The van der Waals surface area contributed by atoms with Crippen molar-refractivity contribution in [2.24, 2.45) is 4.99 Å². The molecule has 1 saturated heterocycles. The van der Waals surface area contributed by atoms with Crippen LogP contribution in [0.4, 0.5) is 10.5 Å². The molecule has 3 N–H and O–H groups in total. The normalized spacial score (nSPS) is 23.7. The number of amidine groups is 1. The molecule has 3 unspecified atom stereocenters. The van der Waals surface area contributed by atoms with Crippen LogP contribution in [-0.4, -0.2) is 84.5 Å². The molecule has 4 amide bonds. The minimum Gasteiger partial charge on any atom is -0.493 e. The maximum absolute atomic E-state index is 14.2. The Kier molecular flexibility index (Phi) is 6.55. The molecule has 3 atom stereocenters. The fraction of sp³-hybridized carbons (Fsp3) is 0.321. The minimum absolute atomic E-state index is 0.218. The number of aliphatic imine (C=N–C) groups is 1. The predicted octanol–water partition coefficient (Wildman–Crippen LogP) is 2.36. The van der Waals surface area contributed by atoms with Gasteiger partial charge in [-0.3, -0.25) is 19.9 Å². The van der Waals surface area contributed by atoms with Gasteiger partial charge >= 0.3 is 6.03 Å². The van der Waals surface area contributed by atoms with Gasteiger partial charge in [-0.15, -0.1) is 0 Å². The number of nitrogens with zero attached hydrogens (tertiary/aromatic N) is 4. The number of fused-ring (bicyclic) bond motifs is 3. The Morgan fingerprint density at radius 1 is 1.18 bits per heavy atom. The average Bonchev–Trinajstić information content (AvgIpc) is 3.28. The standard InChI is InChI=1S/C28H28ClN7O4/c1-35-22(33-24-23(35)25(37)34-27(39)36(24)2)14-31-15-28(9-10-40-21-8-7-17(29)11-19(21)28)26(38)32-20-13-30-12-16-5-3-4-6-18(16)20/h3-8,11-13,23-24,31H,9-10,14-15H2,1-2H3,(H,32,38)(H,34,37,39). The Labute approximate surface area is 235 Å². The van der Waals surface area contributed by atoms with Gasteiger partial charge in [0.15, 0.2) is 12.2 Å². The van der Waals surface area contributed by atoms with E-state index < -0.39 is 23.7 Å². The summed E-state index contributed by atoms with van der Waals surface area (Å²) in [6.07, 6.45) is 3.20. The first-order chi connectivity index (χ1) is 19.3. The largest absolute Gasteiger partial charge is 0.493 e. The van der Waals surface area contributed by atoms with Crippen molar-refractivity contribution in [3.63, 3.8) is 0 Å². The molecule has 3 aliphatic rings. The molecule has 0 spiro atoms. The van der Waals surface area contributed by atoms with Crippen molar-refractivity contribution in [3.8, 4) is 5.75 Å². The third-order valence-electron chi connectivity index (χ3n) is 7.91. The van der Waals surface area contributed by atoms with E-state index in [9.17, 15) is 14.4 Å². The molecule has 1 aromatic heterocycles. The molecule has 206 valence electrons. The van der Waals surface area contributed by atoms with Crippen LogP contribution in [0.3, 0.4) is 0 Å². The number of anilines is 1. The number of carbonyl (C=O) groups excluding carboxylic acids is 3. The van der Waals surface area contributed by atoms with Crippen LogP contribution in [0.5, 0.6) is 5.75 Å². The summed E-state index contributed by atoms with van der Waals surface area (Å²) in [5, 5.41) is 11.2. The lowest BCUT2D eigenvalue weighted by molar-refractivity contribution is -0.126. The van der Waals surface area contributed by atoms with E-state index in [0.29, 0.717) is 40.9 Å². The SMILES string of the molecule is CN1C(=O)NC(=O)C2C1N=C(CNCC1(C(=O)Nc3cncc4ccccc34)CCOc3ccc(Cl)cc31)N2C. The molecule has 1 fully saturated rings. The van der Waals surface area contributed by atoms with E-state index in [1.54, 1.807) is 49.6 Å². The minimum atomic E-state index is -1.02. The number of pyridine rings is 1. The van der Waals surface area contributed by atoms with Gasteiger partial charge in [0.05, 0.1) is 30.5 Å². The Morgan fingerprint density at radius 3 is 2.85 bits per heavy atom. The lowest BCUT2D eigenvalue weighted by Gasteiger charge is -2.38. The lowest BCUT2D eigenvalue weighted by Crippen LogP contribution is -2.63. The van der Waals surface area contributed by atoms with E-state index in [2.05, 4.69) is 25.9 Å². The van der Waals surface area contributed by atoms with Gasteiger partial charge in [0, 0.05) is 54.6 Å². The molecule has 0 saturated carbocycles. The van der Waals surface area contributed by atoms with Gasteiger partial charge in [0.1, 0.15) is 11.6 Å². The van der Waals surface area contributed by atoms with Crippen LogP contribution in [0, 0.1) is 0 Å². The first kappa shape index (κ1) is 26.0. The zero-order valence-electron chi connectivity index (χ0n) is 22.0. The van der Waals surface area contributed by atoms with E-state index in [1.165, 1.54) is 4.90 Å². The zero-order chi connectivity index (χ0) is 28.0. The number of amides is 4. The highest BCUT2D eigenvalue weighted by atomic mass is 35.5. The monoisotopic (exact) mass is 561 g/mol. The highest BCUT2D eigenvalue weighted by Crippen LogP contribution is 2.41. The molecule has 0 bridgehead atoms. The van der Waals surface area contributed by atoms with Gasteiger partial charge < -0.3 is 25.2 Å². The molecule has 0 radical (unpaired) electrons. The quantitative estimate of drug-likeness (QED) is 0.421. The molecule has 3 aliphatic heterocycles. The van der Waals surface area contributed by atoms with Crippen molar-refractivity contribution < 1.29 is 19.1 Å². The molecule has 6 rings (SSSR count). The van der Waals surface area contributed by atoms with Crippen LogP contribution in [0.25, 0.3) is 10.8 Å². The number of urea groups is 1. The van der Waals surface area contributed by atoms with Gasteiger partial charge in [-0.2, -0.15) is 0 Å². The highest BCUT2D eigenvalue weighted by molar-refractivity contribution is 6.30. The van der Waals surface area contributed by atoms with Crippen molar-refractivity contribution in [2.75, 3.05) is 39.1 Å². The first-order valence-electron chi connectivity index (χ1n) is 12.9. The summed E-state index contributed by atoms with van der Waals surface area (Å²) < 4.78 is 5.91. The summed E-state index contributed by atoms with van der Waals surface area (Å²) in [5.41, 5.74) is 0.272. The highest BCUT2D eigenvalue weighted by Gasteiger charge is 2.48. The summed E-state index contributed by atoms with van der Waals surface area (Å²) in [7, 11) is 3.38. The smallest absolute Gasteiger partial charge is 0.325 e. The second-order valence-corrected chi connectivity index (χ2v) is 10.6. The molecular formula is C28H28ClN7O4. The van der Waals surface area contributed by atoms with E-state index in [1.807, 2.05) is 24.3 Å². The number of aromatic nitrogens is 1. The van der Waals surface area contributed by atoms with Gasteiger partial charge in [-0.05, 0) is 18.2 Å². The number of imide groups is 1. The van der Waals surface area contributed by atoms with Crippen molar-refractivity contribution in [1.29, 1.82) is 0 Å². The van der Waals surface area contributed by atoms with Crippen molar-refractivity contribution >= 4 is 51.7 Å². The topological polar surface area (TPSA) is 128 Å². The number of hydrogen-bond donors (Lipinski definition) is 3. The second kappa shape index (κ2) is 10.1. The molecule has 40 heavy (non-hydrogen) atoms. The van der Waals surface area contributed by atoms with Crippen molar-refractivity contribution in [3.05, 3.63) is 65.4 Å². The number of hydrogen-bond acceptors (Lipinski definition) is 8. The van der Waals surface area contributed by atoms with Crippen LogP contribution in [-0.2, 0) is 15.0 Å². The van der Waals surface area contributed by atoms with Gasteiger partial charge in [-0.25, -0.2) is 9.79 Å². The fourth-order valence-corrected chi connectivity index (χ4v) is 5.83. The van der Waals surface area contributed by atoms with Crippen molar-refractivity contribution in [1.82, 2.24) is 25.4 Å². The molecule has 3 aromatic rings. The number of halogens is 1. The van der Waals surface area contributed by atoms with Crippen molar-refractivity contribution in [2.45, 2.75) is 24.0 Å². The van der Waals surface area contributed by atoms with E-state index in [4.69, 9.17) is 16.3 Å². The molecular weight excluding hydrogens is 534 g/mol. The lowest BCUT2D eigenvalue weighted by atomic mass is 9.74. The number of likely N-dealkylation sites (N-methyl/N-ethyl adjacent to an activating group) is 2. The third kappa shape index (κ3) is 4.31. The van der Waals surface area contributed by atoms with Crippen LogP contribution in [0.2, 0.25) is 5.02 Å². The molecule has 11 nitrogen and oxygen atoms in total. The first-order valence-corrected chi connectivity index (χ1v) is 13.3. The van der Waals surface area contributed by atoms with Crippen LogP contribution in [0.1, 0.15) is 12.0 Å². The molecule has 0 aliphatic carbocycles. The van der Waals surface area contributed by atoms with Crippen LogP contribution >= 0.6 is 11.6 Å². The zero-order valence-corrected chi connectivity index (χ0v) is 22.7. The number of benzene rings is 2. The fourth-order valence-electron chi connectivity index (χ4n) is 5.66. The van der Waals surface area contributed by atoms with Crippen LogP contribution in [0.15, 0.2) is 59.9 Å². The Morgan fingerprint density at radius 2 is 2.00 bits per heavy atom. The molecule has 4 heterocycles. The average molecular weight is 562 g/mol. The number of rotatable bonds is 6. The van der Waals surface area contributed by atoms with Gasteiger partial charge in [0.25, 0.3) is 5.91 Å². The number of ether oxygens (including phenoxy) is 1. The summed E-state index contributed by atoms with van der Waals surface area (Å²) in [6, 6.07) is 11.9. The summed E-state index contributed by atoms with van der Waals surface area (Å²) in [5.74, 6) is 0.604. The van der Waals surface area contributed by atoms with E-state index >= 15 is 0 Å². The molecule has 12 heteroatoms. The summed E-state index contributed by atoms with van der Waals surface area (Å²) >= 11 is 6.40. The Balaban J connectivity index is 1.29. The number of carbonyl (C=O) groups is 3. The number of nitrogens with one attached hydrogen (secondary N) is 3. The maximum Gasteiger partial charge on any atom is 0.325 e. The Hall–Kier alpha value is -4.22. The van der Waals surface area contributed by atoms with E-state index in [0.717, 1.165) is 10.8 Å². The van der Waals surface area contributed by atoms with Gasteiger partial charge in [0.2, 0.25) is 5.91 Å². The van der Waals surface area contributed by atoms with Gasteiger partial charge in [-0.1, -0.05) is 35.9 Å². The third-order valence-corrected chi connectivity index (χ3v) is 8.14. The summed E-state index contributed by atoms with van der Waals surface area (Å²) in [6.45, 7) is 0.868. The van der Waals surface area contributed by atoms with Crippen LogP contribution < -0.4 is 20.7 Å². The van der Waals surface area contributed by atoms with E-state index in [-0.39, 0.29) is 24.9 Å². The Bertz CT molecular complexity index is 1560. The molecule has 2 aromatic carbocycles.